The lowest BCUT2D eigenvalue weighted by Gasteiger charge is -2.09. The molecule has 2 N–H and O–H groups in total. The second-order valence-electron chi connectivity index (χ2n) is 4.74. The Morgan fingerprint density at radius 1 is 1.06 bits per heavy atom. The average Bonchev–Trinajstić information content (AvgIpc) is 2.32. The number of hydrogen-bond donors (Lipinski definition) is 1. The summed E-state index contributed by atoms with van der Waals surface area (Å²) in [4.78, 5) is 0. The van der Waals surface area contributed by atoms with Crippen molar-refractivity contribution in [2.24, 2.45) is 5.73 Å². The van der Waals surface area contributed by atoms with Crippen molar-refractivity contribution in [3.63, 3.8) is 0 Å². The Morgan fingerprint density at radius 3 is 2.44 bits per heavy atom. The van der Waals surface area contributed by atoms with Gasteiger partial charge in [-0.1, -0.05) is 29.8 Å². The van der Waals surface area contributed by atoms with Crippen molar-refractivity contribution in [3.8, 4) is 11.5 Å². The van der Waals surface area contributed by atoms with E-state index in [9.17, 15) is 0 Å². The Bertz CT molecular complexity index is 503. The highest BCUT2D eigenvalue weighted by Crippen LogP contribution is 2.22. The molecule has 2 aromatic rings. The van der Waals surface area contributed by atoms with E-state index in [0.29, 0.717) is 0 Å². The predicted octanol–water partition coefficient (Wildman–Crippen LogP) is 3.68. The van der Waals surface area contributed by atoms with Gasteiger partial charge in [0.15, 0.2) is 0 Å². The van der Waals surface area contributed by atoms with Crippen LogP contribution < -0.4 is 10.5 Å². The molecule has 0 saturated carbocycles. The zero-order valence-corrected chi connectivity index (χ0v) is 10.9. The van der Waals surface area contributed by atoms with Crippen LogP contribution in [0, 0.1) is 6.92 Å². The highest BCUT2D eigenvalue weighted by molar-refractivity contribution is 5.35. The lowest BCUT2D eigenvalue weighted by molar-refractivity contribution is 0.481. The van der Waals surface area contributed by atoms with Crippen LogP contribution in [-0.4, -0.2) is 6.04 Å². The zero-order chi connectivity index (χ0) is 13.0. The summed E-state index contributed by atoms with van der Waals surface area (Å²) in [6.07, 6.45) is 0.866. The Labute approximate surface area is 108 Å². The van der Waals surface area contributed by atoms with Crippen LogP contribution in [0.3, 0.4) is 0 Å². The van der Waals surface area contributed by atoms with Crippen molar-refractivity contribution in [2.45, 2.75) is 26.3 Å². The van der Waals surface area contributed by atoms with Crippen LogP contribution in [0.2, 0.25) is 0 Å². The molecule has 0 radical (unpaired) electrons. The van der Waals surface area contributed by atoms with E-state index in [4.69, 9.17) is 10.5 Å². The first-order chi connectivity index (χ1) is 8.63. The maximum absolute atomic E-state index is 5.81. The molecule has 0 aliphatic heterocycles. The van der Waals surface area contributed by atoms with E-state index < -0.39 is 0 Å². The second kappa shape index (κ2) is 5.69. The number of benzene rings is 2. The number of hydrogen-bond acceptors (Lipinski definition) is 2. The van der Waals surface area contributed by atoms with E-state index in [1.54, 1.807) is 0 Å². The largest absolute Gasteiger partial charge is 0.457 e. The molecule has 0 spiro atoms. The summed E-state index contributed by atoms with van der Waals surface area (Å²) < 4.78 is 5.81. The molecule has 0 heterocycles. The van der Waals surface area contributed by atoms with Gasteiger partial charge in [0, 0.05) is 6.04 Å². The monoisotopic (exact) mass is 241 g/mol. The van der Waals surface area contributed by atoms with E-state index in [0.717, 1.165) is 17.9 Å². The Balaban J connectivity index is 2.11. The average molecular weight is 241 g/mol. The fourth-order valence-corrected chi connectivity index (χ4v) is 1.85. The van der Waals surface area contributed by atoms with E-state index in [1.165, 1.54) is 11.1 Å². The summed E-state index contributed by atoms with van der Waals surface area (Å²) in [5.41, 5.74) is 8.24. The summed E-state index contributed by atoms with van der Waals surface area (Å²) in [6, 6.07) is 16.3. The maximum Gasteiger partial charge on any atom is 0.127 e. The van der Waals surface area contributed by atoms with Crippen LogP contribution in [0.25, 0.3) is 0 Å². The summed E-state index contributed by atoms with van der Waals surface area (Å²) in [6.45, 7) is 4.07. The van der Waals surface area contributed by atoms with Crippen LogP contribution in [0.5, 0.6) is 11.5 Å². The highest BCUT2D eigenvalue weighted by atomic mass is 16.5. The molecule has 0 aliphatic rings. The summed E-state index contributed by atoms with van der Waals surface area (Å²) in [5.74, 6) is 1.72. The van der Waals surface area contributed by atoms with Gasteiger partial charge in [-0.2, -0.15) is 0 Å². The van der Waals surface area contributed by atoms with Gasteiger partial charge in [-0.05, 0) is 50.1 Å². The van der Waals surface area contributed by atoms with Crippen LogP contribution in [0.1, 0.15) is 18.1 Å². The molecule has 0 bridgehead atoms. The van der Waals surface area contributed by atoms with Gasteiger partial charge in [-0.3, -0.25) is 0 Å². The number of ether oxygens (including phenoxy) is 1. The van der Waals surface area contributed by atoms with Crippen LogP contribution >= 0.6 is 0 Å². The van der Waals surface area contributed by atoms with Gasteiger partial charge < -0.3 is 10.5 Å². The quantitative estimate of drug-likeness (QED) is 0.886. The molecule has 0 amide bonds. The molecule has 0 fully saturated rings. The molecule has 2 nitrogen and oxygen atoms in total. The summed E-state index contributed by atoms with van der Waals surface area (Å²) in [5, 5.41) is 0. The Kier molecular flexibility index (Phi) is 4.00. The third kappa shape index (κ3) is 3.60. The number of aryl methyl sites for hydroxylation is 1. The van der Waals surface area contributed by atoms with Crippen molar-refractivity contribution < 1.29 is 4.74 Å². The van der Waals surface area contributed by atoms with Gasteiger partial charge in [0.25, 0.3) is 0 Å². The highest BCUT2D eigenvalue weighted by Gasteiger charge is 2.01. The van der Waals surface area contributed by atoms with Gasteiger partial charge in [0.1, 0.15) is 11.5 Å². The summed E-state index contributed by atoms with van der Waals surface area (Å²) >= 11 is 0. The third-order valence-corrected chi connectivity index (χ3v) is 2.71. The fraction of sp³-hybridized carbons (Fsp3) is 0.250. The van der Waals surface area contributed by atoms with Gasteiger partial charge in [-0.25, -0.2) is 0 Å². The van der Waals surface area contributed by atoms with Crippen LogP contribution in [0.4, 0.5) is 0 Å². The SMILES string of the molecule is Cc1ccc(Oc2cccc(CC(C)N)c2)cc1. The third-order valence-electron chi connectivity index (χ3n) is 2.71. The lowest BCUT2D eigenvalue weighted by atomic mass is 10.1. The maximum atomic E-state index is 5.81. The molecule has 18 heavy (non-hydrogen) atoms. The molecule has 0 aliphatic carbocycles. The topological polar surface area (TPSA) is 35.2 Å². The molecule has 2 rings (SSSR count). The molecular weight excluding hydrogens is 222 g/mol. The van der Waals surface area contributed by atoms with Crippen molar-refractivity contribution in [1.82, 2.24) is 0 Å². The van der Waals surface area contributed by atoms with E-state index in [2.05, 4.69) is 13.0 Å². The summed E-state index contributed by atoms with van der Waals surface area (Å²) in [7, 11) is 0. The van der Waals surface area contributed by atoms with Crippen LogP contribution in [0.15, 0.2) is 48.5 Å². The molecular formula is C16H19NO. The van der Waals surface area contributed by atoms with E-state index in [1.807, 2.05) is 49.4 Å². The minimum absolute atomic E-state index is 0.166. The smallest absolute Gasteiger partial charge is 0.127 e. The molecule has 1 atom stereocenters. The zero-order valence-electron chi connectivity index (χ0n) is 10.9. The minimum Gasteiger partial charge on any atom is -0.457 e. The van der Waals surface area contributed by atoms with Crippen molar-refractivity contribution in [1.29, 1.82) is 0 Å². The van der Waals surface area contributed by atoms with Crippen LogP contribution in [-0.2, 0) is 6.42 Å². The molecule has 2 aromatic carbocycles. The minimum atomic E-state index is 0.166. The van der Waals surface area contributed by atoms with Gasteiger partial charge in [0.05, 0.1) is 0 Å². The van der Waals surface area contributed by atoms with Gasteiger partial charge in [0.2, 0.25) is 0 Å². The Morgan fingerprint density at radius 2 is 1.78 bits per heavy atom. The second-order valence-corrected chi connectivity index (χ2v) is 4.74. The molecule has 0 saturated heterocycles. The van der Waals surface area contributed by atoms with Gasteiger partial charge >= 0.3 is 0 Å². The standard InChI is InChI=1S/C16H19NO/c1-12-6-8-15(9-7-12)18-16-5-3-4-14(11-16)10-13(2)17/h3-9,11,13H,10,17H2,1-2H3. The van der Waals surface area contributed by atoms with Crippen molar-refractivity contribution in [2.75, 3.05) is 0 Å². The Hall–Kier alpha value is -1.80. The molecule has 1 unspecified atom stereocenters. The lowest BCUT2D eigenvalue weighted by Crippen LogP contribution is -2.17. The molecule has 0 aromatic heterocycles. The first kappa shape index (κ1) is 12.7. The van der Waals surface area contributed by atoms with E-state index in [-0.39, 0.29) is 6.04 Å². The number of rotatable bonds is 4. The van der Waals surface area contributed by atoms with Crippen molar-refractivity contribution >= 4 is 0 Å². The fourth-order valence-electron chi connectivity index (χ4n) is 1.85. The molecule has 2 heteroatoms. The van der Waals surface area contributed by atoms with Gasteiger partial charge in [-0.15, -0.1) is 0 Å². The predicted molar refractivity (Wildman–Crippen MR) is 75.0 cm³/mol. The molecule has 94 valence electrons. The normalized spacial score (nSPS) is 12.2. The first-order valence-electron chi connectivity index (χ1n) is 6.22. The number of nitrogens with two attached hydrogens (primary N) is 1. The first-order valence-corrected chi connectivity index (χ1v) is 6.22. The van der Waals surface area contributed by atoms with Crippen molar-refractivity contribution in [3.05, 3.63) is 59.7 Å². The van der Waals surface area contributed by atoms with E-state index >= 15 is 0 Å².